The number of ether oxygens (including phenoxy) is 3. The van der Waals surface area contributed by atoms with Crippen LogP contribution in [-0.4, -0.2) is 62.1 Å². The molecule has 0 aromatic heterocycles. The van der Waals surface area contributed by atoms with Crippen molar-refractivity contribution in [2.24, 2.45) is 34.0 Å². The van der Waals surface area contributed by atoms with Crippen molar-refractivity contribution in [2.45, 2.75) is 83.3 Å². The standard InChI is InChI=1S/C24H34O8S/c1-12-13-7-8-14-22-11-29-24(23(14,17(12)25)19(13)30-21(4,5)32-24)18(26)16(22)20(2,3)10-9-15(22)31-33(6,27)28/h13-16,18-19,26H,1,7-11H2,2-6H3/t13-,14-,15-,16+,18-,19+,22+,23-,24+/m0/s1. The number of carbonyl (C=O) groups excluding carboxylic acids is 1. The summed E-state index contributed by atoms with van der Waals surface area (Å²) < 4.78 is 49.9. The van der Waals surface area contributed by atoms with Gasteiger partial charge in [-0.15, -0.1) is 0 Å². The third kappa shape index (κ3) is 2.35. The molecular weight excluding hydrogens is 448 g/mol. The van der Waals surface area contributed by atoms with Crippen molar-refractivity contribution in [1.82, 2.24) is 0 Å². The van der Waals surface area contributed by atoms with E-state index in [1.807, 2.05) is 0 Å². The molecule has 7 fully saturated rings. The molecule has 0 aromatic rings. The first-order valence-corrected chi connectivity index (χ1v) is 13.8. The molecule has 7 aliphatic rings. The van der Waals surface area contributed by atoms with Gasteiger partial charge in [-0.05, 0) is 56.4 Å². The molecule has 0 aromatic carbocycles. The Morgan fingerprint density at radius 2 is 1.85 bits per heavy atom. The Morgan fingerprint density at radius 1 is 1.15 bits per heavy atom. The predicted molar refractivity (Wildman–Crippen MR) is 116 cm³/mol. The highest BCUT2D eigenvalue weighted by molar-refractivity contribution is 7.86. The lowest BCUT2D eigenvalue weighted by atomic mass is 9.35. The molecule has 33 heavy (non-hydrogen) atoms. The highest BCUT2D eigenvalue weighted by atomic mass is 32.2. The summed E-state index contributed by atoms with van der Waals surface area (Å²) in [7, 11) is -3.78. The van der Waals surface area contributed by atoms with E-state index in [1.165, 1.54) is 0 Å². The molecule has 3 saturated heterocycles. The van der Waals surface area contributed by atoms with E-state index < -0.39 is 50.8 Å². The van der Waals surface area contributed by atoms with E-state index in [1.54, 1.807) is 13.8 Å². The van der Waals surface area contributed by atoms with Crippen LogP contribution in [0.2, 0.25) is 0 Å². The van der Waals surface area contributed by atoms with Crippen molar-refractivity contribution >= 4 is 15.9 Å². The van der Waals surface area contributed by atoms with Gasteiger partial charge in [0, 0.05) is 17.3 Å². The number of hydrogen-bond acceptors (Lipinski definition) is 8. The average molecular weight is 483 g/mol. The Balaban J connectivity index is 1.65. The minimum atomic E-state index is -3.78. The van der Waals surface area contributed by atoms with Crippen LogP contribution in [0.5, 0.6) is 0 Å². The highest BCUT2D eigenvalue weighted by Gasteiger charge is 2.90. The number of carbonyl (C=O) groups is 1. The molecule has 4 bridgehead atoms. The van der Waals surface area contributed by atoms with Gasteiger partial charge in [0.05, 0.1) is 25.1 Å². The molecule has 184 valence electrons. The summed E-state index contributed by atoms with van der Waals surface area (Å²) in [4.78, 5) is 14.1. The van der Waals surface area contributed by atoms with Gasteiger partial charge in [-0.2, -0.15) is 8.42 Å². The number of aliphatic hydroxyl groups excluding tert-OH is 1. The fourth-order valence-electron chi connectivity index (χ4n) is 9.21. The highest BCUT2D eigenvalue weighted by Crippen LogP contribution is 2.79. The van der Waals surface area contributed by atoms with Crippen LogP contribution in [0.3, 0.4) is 0 Å². The Bertz CT molecular complexity index is 1060. The summed E-state index contributed by atoms with van der Waals surface area (Å²) in [5.74, 6) is -3.68. The second kappa shape index (κ2) is 6.10. The Kier molecular flexibility index (Phi) is 4.18. The van der Waals surface area contributed by atoms with E-state index in [4.69, 9.17) is 18.4 Å². The van der Waals surface area contributed by atoms with Crippen molar-refractivity contribution < 1.29 is 36.7 Å². The SMILES string of the molecule is C=C1C(=O)[C@@]23[C@@H]4OC(C)(C)O[C@@]25OC[C@]2([C@@H](OS(C)(=O)=O)CCC(C)(C)[C@H]2[C@@H]5O)[C@@H]3CC[C@@H]14. The molecule has 4 saturated carbocycles. The normalized spacial score (nSPS) is 53.5. The first-order chi connectivity index (χ1) is 15.1. The summed E-state index contributed by atoms with van der Waals surface area (Å²) in [5, 5.41) is 12.1. The van der Waals surface area contributed by atoms with Crippen molar-refractivity contribution in [1.29, 1.82) is 0 Å². The number of aliphatic hydroxyl groups is 1. The molecular formula is C24H34O8S. The van der Waals surface area contributed by atoms with Gasteiger partial charge >= 0.3 is 0 Å². The topological polar surface area (TPSA) is 108 Å². The minimum Gasteiger partial charge on any atom is -0.387 e. The Hall–Kier alpha value is -0.840. The second-order valence-corrected chi connectivity index (χ2v) is 13.9. The molecule has 0 unspecified atom stereocenters. The zero-order valence-corrected chi connectivity index (χ0v) is 20.7. The predicted octanol–water partition coefficient (Wildman–Crippen LogP) is 2.16. The summed E-state index contributed by atoms with van der Waals surface area (Å²) in [6.07, 6.45) is 1.23. The molecule has 3 aliphatic heterocycles. The lowest BCUT2D eigenvalue weighted by Gasteiger charge is -2.77. The van der Waals surface area contributed by atoms with Crippen LogP contribution in [0.4, 0.5) is 0 Å². The third-order valence-corrected chi connectivity index (χ3v) is 10.5. The number of ketones is 1. The van der Waals surface area contributed by atoms with Gasteiger partial charge in [0.2, 0.25) is 5.79 Å². The van der Waals surface area contributed by atoms with E-state index in [0.717, 1.165) is 6.26 Å². The summed E-state index contributed by atoms with van der Waals surface area (Å²) >= 11 is 0. The summed E-state index contributed by atoms with van der Waals surface area (Å²) in [6.45, 7) is 12.1. The number of fused-ring (bicyclic) bond motifs is 1. The van der Waals surface area contributed by atoms with E-state index >= 15 is 0 Å². The Morgan fingerprint density at radius 3 is 2.52 bits per heavy atom. The zero-order valence-electron chi connectivity index (χ0n) is 19.9. The molecule has 3 spiro atoms. The maximum absolute atomic E-state index is 14.1. The number of Topliss-reactive ketones (excluding diaryl/α,β-unsaturated/α-hetero) is 1. The van der Waals surface area contributed by atoms with Gasteiger partial charge in [0.25, 0.3) is 10.1 Å². The van der Waals surface area contributed by atoms with E-state index in [2.05, 4.69) is 20.4 Å². The fourth-order valence-corrected chi connectivity index (χ4v) is 9.90. The molecule has 7 rings (SSSR count). The minimum absolute atomic E-state index is 0.165. The molecule has 9 heteroatoms. The summed E-state index contributed by atoms with van der Waals surface area (Å²) in [6, 6.07) is 0. The smallest absolute Gasteiger partial charge is 0.264 e. The quantitative estimate of drug-likeness (QED) is 0.471. The van der Waals surface area contributed by atoms with Crippen LogP contribution >= 0.6 is 0 Å². The van der Waals surface area contributed by atoms with Gasteiger partial charge < -0.3 is 19.3 Å². The molecule has 1 N–H and O–H groups in total. The maximum atomic E-state index is 14.1. The molecule has 8 nitrogen and oxygen atoms in total. The maximum Gasteiger partial charge on any atom is 0.264 e. The van der Waals surface area contributed by atoms with Crippen molar-refractivity contribution in [3.05, 3.63) is 12.2 Å². The van der Waals surface area contributed by atoms with E-state index in [0.29, 0.717) is 31.3 Å². The van der Waals surface area contributed by atoms with Crippen LogP contribution in [0, 0.1) is 34.0 Å². The van der Waals surface area contributed by atoms with E-state index in [9.17, 15) is 18.3 Å². The molecule has 0 amide bonds. The average Bonchev–Trinajstić information content (AvgIpc) is 2.79. The third-order valence-electron chi connectivity index (χ3n) is 9.88. The van der Waals surface area contributed by atoms with Gasteiger partial charge in [0.1, 0.15) is 11.5 Å². The number of hydrogen-bond donors (Lipinski definition) is 1. The summed E-state index contributed by atoms with van der Waals surface area (Å²) in [5.41, 5.74) is -1.99. The largest absolute Gasteiger partial charge is 0.387 e. The van der Waals surface area contributed by atoms with Gasteiger partial charge in [-0.25, -0.2) is 0 Å². The van der Waals surface area contributed by atoms with Crippen LogP contribution in [0.15, 0.2) is 12.2 Å². The van der Waals surface area contributed by atoms with Crippen molar-refractivity contribution in [3.63, 3.8) is 0 Å². The van der Waals surface area contributed by atoms with Crippen LogP contribution in [-0.2, 0) is 33.3 Å². The van der Waals surface area contributed by atoms with Gasteiger partial charge in [-0.3, -0.25) is 8.98 Å². The molecule has 0 radical (unpaired) electrons. The van der Waals surface area contributed by atoms with E-state index in [-0.39, 0.29) is 35.6 Å². The van der Waals surface area contributed by atoms with Crippen LogP contribution in [0.25, 0.3) is 0 Å². The Labute approximate surface area is 195 Å². The molecule has 9 atom stereocenters. The van der Waals surface area contributed by atoms with Crippen LogP contribution < -0.4 is 0 Å². The molecule has 4 aliphatic carbocycles. The first-order valence-electron chi connectivity index (χ1n) is 12.0. The first kappa shape index (κ1) is 22.6. The second-order valence-electron chi connectivity index (χ2n) is 12.3. The van der Waals surface area contributed by atoms with Crippen LogP contribution in [0.1, 0.15) is 53.4 Å². The molecule has 3 heterocycles. The monoisotopic (exact) mass is 482 g/mol. The lowest BCUT2D eigenvalue weighted by Crippen LogP contribution is -2.88. The van der Waals surface area contributed by atoms with Crippen molar-refractivity contribution in [3.8, 4) is 0 Å². The zero-order chi connectivity index (χ0) is 24.0. The fraction of sp³-hybridized carbons (Fsp3) is 0.875. The van der Waals surface area contributed by atoms with Gasteiger partial charge in [0.15, 0.2) is 11.6 Å². The lowest BCUT2D eigenvalue weighted by molar-refractivity contribution is -0.534. The van der Waals surface area contributed by atoms with Gasteiger partial charge in [-0.1, -0.05) is 20.4 Å². The van der Waals surface area contributed by atoms with Crippen molar-refractivity contribution in [2.75, 3.05) is 12.9 Å². The number of rotatable bonds is 2.